The van der Waals surface area contributed by atoms with Crippen molar-refractivity contribution in [3.8, 4) is 0 Å². The van der Waals surface area contributed by atoms with Crippen molar-refractivity contribution in [2.24, 2.45) is 0 Å². The van der Waals surface area contributed by atoms with Crippen molar-refractivity contribution in [1.29, 1.82) is 0 Å². The Bertz CT molecular complexity index is 1330. The lowest BCUT2D eigenvalue weighted by Gasteiger charge is -2.26. The summed E-state index contributed by atoms with van der Waals surface area (Å²) in [5.74, 6) is 0. The molecule has 7 rings (SSSR count). The van der Waals surface area contributed by atoms with Crippen LogP contribution in [0.3, 0.4) is 0 Å². The maximum atomic E-state index is 2.47. The Morgan fingerprint density at radius 3 is 0.436 bits per heavy atom. The normalized spacial score (nSPS) is 16.3. The molecule has 0 N–H and O–H groups in total. The first-order valence-corrected chi connectivity index (χ1v) is 22.7. The van der Waals surface area contributed by atoms with E-state index in [0.717, 1.165) is 0 Å². The van der Waals surface area contributed by atoms with Crippen LogP contribution in [0.5, 0.6) is 0 Å². The third kappa shape index (κ3) is 3.15. The average Bonchev–Trinajstić information content (AvgIpc) is 3.65. The average molecular weight is 547 g/mol. The summed E-state index contributed by atoms with van der Waals surface area (Å²) in [6, 6.07) is 70.0. The molecule has 6 aromatic rings. The zero-order chi connectivity index (χ0) is 26.2. The van der Waals surface area contributed by atoms with Crippen molar-refractivity contribution in [3.05, 3.63) is 182 Å². The fourth-order valence-electron chi connectivity index (χ4n) is 7.79. The minimum atomic E-state index is -2.45. The summed E-state index contributed by atoms with van der Waals surface area (Å²) >= 11 is 0. The summed E-state index contributed by atoms with van der Waals surface area (Å²) in [5.41, 5.74) is 0. The highest BCUT2D eigenvalue weighted by Crippen LogP contribution is 2.49. The van der Waals surface area contributed by atoms with Gasteiger partial charge in [-0.05, 0) is 0 Å². The molecular formula is C36H30Si3. The van der Waals surface area contributed by atoms with E-state index in [1.165, 1.54) is 0 Å². The molecule has 1 heterocycles. The van der Waals surface area contributed by atoms with Crippen LogP contribution in [0.2, 0.25) is 0 Å². The zero-order valence-electron chi connectivity index (χ0n) is 21.8. The first-order chi connectivity index (χ1) is 19.4. The monoisotopic (exact) mass is 546 g/mol. The molecule has 0 nitrogen and oxygen atoms in total. The topological polar surface area (TPSA) is 0 Å². The molecule has 0 bridgehead atoms. The van der Waals surface area contributed by atoms with Crippen molar-refractivity contribution in [2.75, 3.05) is 0 Å². The van der Waals surface area contributed by atoms with Gasteiger partial charge in [0.1, 0.15) is 21.3 Å². The quantitative estimate of drug-likeness (QED) is 0.277. The van der Waals surface area contributed by atoms with Gasteiger partial charge in [-0.2, -0.15) is 0 Å². The van der Waals surface area contributed by atoms with Crippen LogP contribution in [-0.2, 0) is 0 Å². The van der Waals surface area contributed by atoms with E-state index in [1.807, 2.05) is 0 Å². The molecule has 6 aromatic carbocycles. The molecule has 1 aliphatic heterocycles. The Hall–Kier alpha value is -4.03. The van der Waals surface area contributed by atoms with Crippen LogP contribution in [0, 0.1) is 0 Å². The Labute approximate surface area is 233 Å². The van der Waals surface area contributed by atoms with Gasteiger partial charge in [0.25, 0.3) is 0 Å². The lowest BCUT2D eigenvalue weighted by atomic mass is 10.4. The molecule has 0 unspecified atom stereocenters. The predicted octanol–water partition coefficient (Wildman–Crippen LogP) is 4.02. The summed E-state index contributed by atoms with van der Waals surface area (Å²) < 4.78 is 0. The molecule has 1 saturated heterocycles. The third-order valence-electron chi connectivity index (χ3n) is 8.87. The van der Waals surface area contributed by atoms with E-state index >= 15 is 0 Å². The third-order valence-corrected chi connectivity index (χ3v) is 55.2. The van der Waals surface area contributed by atoms with Crippen molar-refractivity contribution in [1.82, 2.24) is 0 Å². The fraction of sp³-hybridized carbons (Fsp3) is 0. The molecule has 0 atom stereocenters. The van der Waals surface area contributed by atoms with Gasteiger partial charge in [-0.3, -0.25) is 0 Å². The first-order valence-electron chi connectivity index (χ1n) is 13.7. The van der Waals surface area contributed by atoms with E-state index in [4.69, 9.17) is 0 Å². The Kier molecular flexibility index (Phi) is 5.93. The van der Waals surface area contributed by atoms with Crippen LogP contribution in [0.25, 0.3) is 0 Å². The maximum absolute atomic E-state index is 2.47. The molecule has 0 aromatic heterocycles. The lowest BCUT2D eigenvalue weighted by Crippen LogP contribution is -2.65. The number of hydrogen-bond donors (Lipinski definition) is 0. The Balaban J connectivity index is 1.78. The standard InChI is InChI=1S/C36H30Si3/c1-7-19-31(20-8-1)37(32-21-9-2-10-22-32)38(33-23-11-3-12-24-33,34-25-13-4-14-26-34)39(37,35-27-15-5-16-28-35)36-29-17-6-18-30-36/h1-30H. The summed E-state index contributed by atoms with van der Waals surface area (Å²) in [6.45, 7) is 0. The van der Waals surface area contributed by atoms with Crippen molar-refractivity contribution >= 4 is 52.4 Å². The van der Waals surface area contributed by atoms with Gasteiger partial charge in [0.2, 0.25) is 0 Å². The van der Waals surface area contributed by atoms with Crippen LogP contribution in [0.1, 0.15) is 0 Å². The molecule has 0 amide bonds. The van der Waals surface area contributed by atoms with E-state index in [-0.39, 0.29) is 0 Å². The second kappa shape index (κ2) is 9.62. The Morgan fingerprint density at radius 2 is 0.308 bits per heavy atom. The van der Waals surface area contributed by atoms with Crippen LogP contribution in [0.15, 0.2) is 182 Å². The van der Waals surface area contributed by atoms with E-state index < -0.39 is 21.3 Å². The minimum absolute atomic E-state index is 1.58. The second-order valence-electron chi connectivity index (χ2n) is 10.4. The van der Waals surface area contributed by atoms with Crippen molar-refractivity contribution < 1.29 is 0 Å². The summed E-state index contributed by atoms with van der Waals surface area (Å²) in [4.78, 5) is 0. The Morgan fingerprint density at radius 1 is 0.179 bits per heavy atom. The van der Waals surface area contributed by atoms with Gasteiger partial charge < -0.3 is 0 Å². The van der Waals surface area contributed by atoms with E-state index in [9.17, 15) is 0 Å². The minimum Gasteiger partial charge on any atom is -0.0631 e. The highest BCUT2D eigenvalue weighted by Gasteiger charge is 2.93. The molecule has 0 spiro atoms. The molecule has 3 heteroatoms. The van der Waals surface area contributed by atoms with Crippen LogP contribution >= 0.6 is 0 Å². The first kappa shape index (κ1) is 24.0. The molecule has 1 aliphatic rings. The van der Waals surface area contributed by atoms with Gasteiger partial charge in [-0.1, -0.05) is 213 Å². The second-order valence-corrected chi connectivity index (χ2v) is 36.4. The molecule has 0 saturated carbocycles. The highest BCUT2D eigenvalue weighted by atomic mass is 30.2. The van der Waals surface area contributed by atoms with E-state index in [0.29, 0.717) is 0 Å². The van der Waals surface area contributed by atoms with Gasteiger partial charge in [0.15, 0.2) is 0 Å². The molecule has 186 valence electrons. The maximum Gasteiger partial charge on any atom is 0.121 e. The van der Waals surface area contributed by atoms with Crippen molar-refractivity contribution in [2.45, 2.75) is 0 Å². The largest absolute Gasteiger partial charge is 0.121 e. The SMILES string of the molecule is c1ccc([Si]2(c3ccccc3)[Si](c3ccccc3)(c3ccccc3)[Si]2(c2ccccc2)c2ccccc2)cc1. The smallest absolute Gasteiger partial charge is 0.0631 e. The predicted molar refractivity (Wildman–Crippen MR) is 174 cm³/mol. The number of benzene rings is 6. The molecular weight excluding hydrogens is 517 g/mol. The van der Waals surface area contributed by atoms with Crippen LogP contribution in [0.4, 0.5) is 0 Å². The van der Waals surface area contributed by atoms with Crippen LogP contribution in [-0.4, -0.2) is 21.3 Å². The van der Waals surface area contributed by atoms with E-state index in [1.54, 1.807) is 31.1 Å². The van der Waals surface area contributed by atoms with E-state index in [2.05, 4.69) is 182 Å². The molecule has 0 aliphatic carbocycles. The summed E-state index contributed by atoms with van der Waals surface area (Å²) in [6.07, 6.45) is 0. The highest BCUT2D eigenvalue weighted by molar-refractivity contribution is 8.27. The van der Waals surface area contributed by atoms with Gasteiger partial charge in [-0.15, -0.1) is 0 Å². The van der Waals surface area contributed by atoms with Gasteiger partial charge in [0, 0.05) is 0 Å². The van der Waals surface area contributed by atoms with Crippen LogP contribution < -0.4 is 31.1 Å². The number of rotatable bonds is 6. The molecule has 39 heavy (non-hydrogen) atoms. The molecule has 1 fully saturated rings. The zero-order valence-corrected chi connectivity index (χ0v) is 24.8. The fourth-order valence-corrected chi connectivity index (χ4v) is 80.1. The lowest BCUT2D eigenvalue weighted by molar-refractivity contribution is 1.72. The van der Waals surface area contributed by atoms with Crippen molar-refractivity contribution in [3.63, 3.8) is 0 Å². The number of hydrogen-bond acceptors (Lipinski definition) is 0. The van der Waals surface area contributed by atoms with Gasteiger partial charge >= 0.3 is 0 Å². The van der Waals surface area contributed by atoms with Gasteiger partial charge in [-0.25, -0.2) is 0 Å². The van der Waals surface area contributed by atoms with Gasteiger partial charge in [0.05, 0.1) is 0 Å². The molecule has 0 radical (unpaired) electrons. The summed E-state index contributed by atoms with van der Waals surface area (Å²) in [5, 5.41) is 9.47. The summed E-state index contributed by atoms with van der Waals surface area (Å²) in [7, 11) is -7.35.